The third-order valence-corrected chi connectivity index (χ3v) is 3.52. The van der Waals surface area contributed by atoms with Crippen LogP contribution in [0.1, 0.15) is 27.0 Å². The summed E-state index contributed by atoms with van der Waals surface area (Å²) in [4.78, 5) is 26.8. The van der Waals surface area contributed by atoms with E-state index in [1.165, 1.54) is 32.3 Å². The number of nitriles is 1. The molecule has 0 bridgehead atoms. The van der Waals surface area contributed by atoms with Gasteiger partial charge >= 0.3 is 5.97 Å². The van der Waals surface area contributed by atoms with Gasteiger partial charge in [0.05, 0.1) is 11.3 Å². The lowest BCUT2D eigenvalue weighted by atomic mass is 10.1. The number of aliphatic imine (C=N–C) groups is 1. The topological polar surface area (TPSA) is 136 Å². The van der Waals surface area contributed by atoms with Crippen molar-refractivity contribution >= 4 is 17.9 Å². The summed E-state index contributed by atoms with van der Waals surface area (Å²) in [5.41, 5.74) is -0.303. The summed E-state index contributed by atoms with van der Waals surface area (Å²) in [5.74, 6) is -2.07. The maximum Gasteiger partial charge on any atom is 0.339 e. The molecule has 8 nitrogen and oxygen atoms in total. The lowest BCUT2D eigenvalue weighted by Crippen LogP contribution is -2.22. The number of carbonyl (C=O) groups is 1. The van der Waals surface area contributed by atoms with E-state index >= 15 is 0 Å². The molecule has 0 atom stereocenters. The number of phenols is 1. The summed E-state index contributed by atoms with van der Waals surface area (Å²) in [6.45, 7) is 1.51. The van der Waals surface area contributed by atoms with Crippen LogP contribution in [0.4, 0.5) is 5.69 Å². The van der Waals surface area contributed by atoms with Crippen LogP contribution in [-0.2, 0) is 7.05 Å². The molecule has 0 aliphatic heterocycles. The molecule has 3 N–H and O–H groups in total. The van der Waals surface area contributed by atoms with Gasteiger partial charge in [0.15, 0.2) is 0 Å². The number of pyridine rings is 1. The van der Waals surface area contributed by atoms with Crippen molar-refractivity contribution in [2.24, 2.45) is 12.0 Å². The maximum absolute atomic E-state index is 11.9. The molecule has 0 radical (unpaired) electrons. The Hall–Kier alpha value is -3.60. The number of aromatic nitrogens is 1. The molecule has 0 spiro atoms. The molecule has 0 saturated heterocycles. The predicted molar refractivity (Wildman–Crippen MR) is 85.1 cm³/mol. The molecule has 122 valence electrons. The highest BCUT2D eigenvalue weighted by molar-refractivity contribution is 5.92. The van der Waals surface area contributed by atoms with E-state index < -0.39 is 17.3 Å². The van der Waals surface area contributed by atoms with E-state index in [1.54, 1.807) is 6.07 Å². The van der Waals surface area contributed by atoms with Crippen LogP contribution in [0.3, 0.4) is 0 Å². The van der Waals surface area contributed by atoms with Crippen LogP contribution in [0.15, 0.2) is 28.0 Å². The van der Waals surface area contributed by atoms with E-state index in [4.69, 9.17) is 10.4 Å². The molecule has 0 aliphatic rings. The lowest BCUT2D eigenvalue weighted by Gasteiger charge is -2.09. The predicted octanol–water partition coefficient (Wildman–Crippen LogP) is 1.43. The van der Waals surface area contributed by atoms with Crippen LogP contribution in [0.25, 0.3) is 0 Å². The Labute approximate surface area is 136 Å². The first-order valence-electron chi connectivity index (χ1n) is 6.71. The van der Waals surface area contributed by atoms with Gasteiger partial charge in [0.1, 0.15) is 22.9 Å². The Bertz CT molecular complexity index is 967. The van der Waals surface area contributed by atoms with Gasteiger partial charge in [0.2, 0.25) is 5.88 Å². The van der Waals surface area contributed by atoms with Gasteiger partial charge in [-0.3, -0.25) is 14.4 Å². The number of rotatable bonds is 3. The Morgan fingerprint density at radius 2 is 2.04 bits per heavy atom. The number of carboxylic acids is 1. The minimum Gasteiger partial charge on any atom is -0.507 e. The highest BCUT2D eigenvalue weighted by Crippen LogP contribution is 2.25. The Balaban J connectivity index is 2.53. The molecule has 2 rings (SSSR count). The van der Waals surface area contributed by atoms with Gasteiger partial charge in [0.25, 0.3) is 5.56 Å². The van der Waals surface area contributed by atoms with Gasteiger partial charge in [-0.1, -0.05) is 0 Å². The zero-order valence-electron chi connectivity index (χ0n) is 12.8. The maximum atomic E-state index is 11.9. The summed E-state index contributed by atoms with van der Waals surface area (Å²) in [5, 5.41) is 37.6. The standard InChI is InChI=1S/C16H13N3O5/c1-8-11(6-17)14(21)19(2)15(22)12(8)7-18-9-3-4-10(16(23)24)13(20)5-9/h3-5,7,20,22H,1-2H3,(H,23,24). The van der Waals surface area contributed by atoms with Gasteiger partial charge in [-0.2, -0.15) is 5.26 Å². The van der Waals surface area contributed by atoms with Gasteiger partial charge in [-0.25, -0.2) is 4.79 Å². The second kappa shape index (κ2) is 6.26. The van der Waals surface area contributed by atoms with E-state index in [-0.39, 0.29) is 33.8 Å². The minimum atomic E-state index is -1.27. The molecule has 0 fully saturated rings. The monoisotopic (exact) mass is 327 g/mol. The molecule has 0 saturated carbocycles. The third-order valence-electron chi connectivity index (χ3n) is 3.52. The Kier molecular flexibility index (Phi) is 4.37. The first-order valence-corrected chi connectivity index (χ1v) is 6.71. The van der Waals surface area contributed by atoms with E-state index in [2.05, 4.69) is 4.99 Å². The molecular weight excluding hydrogens is 314 g/mol. The smallest absolute Gasteiger partial charge is 0.339 e. The van der Waals surface area contributed by atoms with E-state index in [9.17, 15) is 19.8 Å². The normalized spacial score (nSPS) is 10.7. The fourth-order valence-electron chi connectivity index (χ4n) is 2.11. The van der Waals surface area contributed by atoms with Crippen LogP contribution in [0, 0.1) is 18.3 Å². The number of nitrogens with zero attached hydrogens (tertiary/aromatic N) is 3. The second-order valence-electron chi connectivity index (χ2n) is 4.98. The zero-order valence-corrected chi connectivity index (χ0v) is 12.8. The van der Waals surface area contributed by atoms with Crippen molar-refractivity contribution < 1.29 is 20.1 Å². The first-order chi connectivity index (χ1) is 11.3. The molecule has 1 aromatic heterocycles. The van der Waals surface area contributed by atoms with Crippen LogP contribution in [0.2, 0.25) is 0 Å². The van der Waals surface area contributed by atoms with Crippen molar-refractivity contribution in [3.05, 3.63) is 50.8 Å². The summed E-state index contributed by atoms with van der Waals surface area (Å²) in [6.07, 6.45) is 1.24. The third kappa shape index (κ3) is 2.83. The first kappa shape index (κ1) is 16.8. The van der Waals surface area contributed by atoms with Crippen molar-refractivity contribution in [1.29, 1.82) is 5.26 Å². The van der Waals surface area contributed by atoms with Crippen LogP contribution < -0.4 is 5.56 Å². The van der Waals surface area contributed by atoms with Crippen molar-refractivity contribution in [3.63, 3.8) is 0 Å². The van der Waals surface area contributed by atoms with E-state index in [1.807, 2.05) is 0 Å². The van der Waals surface area contributed by atoms with E-state index in [0.29, 0.717) is 0 Å². The van der Waals surface area contributed by atoms with Crippen molar-refractivity contribution in [3.8, 4) is 17.7 Å². The summed E-state index contributed by atoms with van der Waals surface area (Å²) in [6, 6.07) is 5.51. The largest absolute Gasteiger partial charge is 0.507 e. The minimum absolute atomic E-state index is 0.110. The van der Waals surface area contributed by atoms with Crippen LogP contribution >= 0.6 is 0 Å². The average molecular weight is 327 g/mol. The molecule has 1 aromatic carbocycles. The summed E-state index contributed by atoms with van der Waals surface area (Å²) >= 11 is 0. The zero-order chi connectivity index (χ0) is 18.0. The highest BCUT2D eigenvalue weighted by atomic mass is 16.4. The van der Waals surface area contributed by atoms with Crippen LogP contribution in [0.5, 0.6) is 11.6 Å². The number of hydrogen-bond donors (Lipinski definition) is 3. The number of carboxylic acid groups (broad SMARTS) is 1. The number of benzene rings is 1. The van der Waals surface area contributed by atoms with Gasteiger partial charge < -0.3 is 15.3 Å². The highest BCUT2D eigenvalue weighted by Gasteiger charge is 2.16. The molecule has 1 heterocycles. The van der Waals surface area contributed by atoms with Gasteiger partial charge in [0, 0.05) is 19.3 Å². The molecule has 0 unspecified atom stereocenters. The summed E-state index contributed by atoms with van der Waals surface area (Å²) < 4.78 is 0.928. The van der Waals surface area contributed by atoms with Crippen molar-refractivity contribution in [2.75, 3.05) is 0 Å². The van der Waals surface area contributed by atoms with Crippen molar-refractivity contribution in [2.45, 2.75) is 6.92 Å². The van der Waals surface area contributed by atoms with Gasteiger partial charge in [-0.05, 0) is 24.6 Å². The SMILES string of the molecule is Cc1c(C=Nc2ccc(C(=O)O)c(O)c2)c(O)n(C)c(=O)c1C#N. The van der Waals surface area contributed by atoms with Crippen LogP contribution in [-0.4, -0.2) is 32.1 Å². The number of aromatic carboxylic acids is 1. The average Bonchev–Trinajstić information content (AvgIpc) is 2.53. The van der Waals surface area contributed by atoms with Crippen molar-refractivity contribution in [1.82, 2.24) is 4.57 Å². The van der Waals surface area contributed by atoms with E-state index in [0.717, 1.165) is 10.6 Å². The fourth-order valence-corrected chi connectivity index (χ4v) is 2.11. The molecule has 2 aromatic rings. The molecular formula is C16H13N3O5. The summed E-state index contributed by atoms with van der Waals surface area (Å²) in [7, 11) is 1.32. The molecule has 0 aliphatic carbocycles. The quantitative estimate of drug-likeness (QED) is 0.729. The molecule has 0 amide bonds. The Morgan fingerprint density at radius 3 is 2.58 bits per heavy atom. The van der Waals surface area contributed by atoms with Gasteiger partial charge in [-0.15, -0.1) is 0 Å². The Morgan fingerprint density at radius 1 is 1.38 bits per heavy atom. The molecule has 24 heavy (non-hydrogen) atoms. The fraction of sp³-hybridized carbons (Fsp3) is 0.125. The molecule has 8 heteroatoms. The number of aromatic hydroxyl groups is 2. The number of hydrogen-bond acceptors (Lipinski definition) is 6. The lowest BCUT2D eigenvalue weighted by molar-refractivity contribution is 0.0694. The second-order valence-corrected chi connectivity index (χ2v) is 4.98.